The monoisotopic (exact) mass is 322 g/mol. The van der Waals surface area contributed by atoms with E-state index in [1.807, 2.05) is 38.1 Å². The SMILES string of the molecule is COc1ccccc1-c1cnc(C(O)c2c(C)cc(C)cc2C)[nH]1. The van der Waals surface area contributed by atoms with Crippen LogP contribution in [0.2, 0.25) is 0 Å². The number of para-hydroxylation sites is 1. The first-order valence-electron chi connectivity index (χ1n) is 7.95. The van der Waals surface area contributed by atoms with Crippen molar-refractivity contribution in [2.45, 2.75) is 26.9 Å². The molecule has 4 nitrogen and oxygen atoms in total. The second-order valence-electron chi connectivity index (χ2n) is 6.10. The number of methoxy groups -OCH3 is 1. The number of hydrogen-bond acceptors (Lipinski definition) is 3. The third-order valence-corrected chi connectivity index (χ3v) is 4.26. The predicted molar refractivity (Wildman–Crippen MR) is 95.3 cm³/mol. The first-order valence-corrected chi connectivity index (χ1v) is 7.95. The molecule has 3 rings (SSSR count). The van der Waals surface area contributed by atoms with E-state index in [0.29, 0.717) is 5.82 Å². The van der Waals surface area contributed by atoms with E-state index in [9.17, 15) is 5.11 Å². The van der Waals surface area contributed by atoms with Crippen molar-refractivity contribution in [3.8, 4) is 17.0 Å². The van der Waals surface area contributed by atoms with Gasteiger partial charge in [0.15, 0.2) is 0 Å². The van der Waals surface area contributed by atoms with Crippen molar-refractivity contribution >= 4 is 0 Å². The highest BCUT2D eigenvalue weighted by atomic mass is 16.5. The smallest absolute Gasteiger partial charge is 0.140 e. The van der Waals surface area contributed by atoms with E-state index in [0.717, 1.165) is 33.7 Å². The number of hydrogen-bond donors (Lipinski definition) is 2. The molecule has 1 atom stereocenters. The predicted octanol–water partition coefficient (Wildman–Crippen LogP) is 4.09. The molecule has 0 spiro atoms. The molecule has 0 aliphatic carbocycles. The van der Waals surface area contributed by atoms with Crippen LogP contribution in [-0.2, 0) is 0 Å². The summed E-state index contributed by atoms with van der Waals surface area (Å²) in [5.41, 5.74) is 5.97. The van der Waals surface area contributed by atoms with Crippen LogP contribution in [0.15, 0.2) is 42.6 Å². The van der Waals surface area contributed by atoms with E-state index in [1.165, 1.54) is 5.56 Å². The molecule has 24 heavy (non-hydrogen) atoms. The van der Waals surface area contributed by atoms with Gasteiger partial charge in [0, 0.05) is 5.56 Å². The fourth-order valence-electron chi connectivity index (χ4n) is 3.24. The van der Waals surface area contributed by atoms with Gasteiger partial charge in [-0.25, -0.2) is 4.98 Å². The van der Waals surface area contributed by atoms with Gasteiger partial charge >= 0.3 is 0 Å². The zero-order valence-electron chi connectivity index (χ0n) is 14.4. The lowest BCUT2D eigenvalue weighted by Crippen LogP contribution is -2.07. The number of aliphatic hydroxyl groups excluding tert-OH is 1. The number of aromatic nitrogens is 2. The number of aromatic amines is 1. The summed E-state index contributed by atoms with van der Waals surface area (Å²) in [5, 5.41) is 10.8. The Labute approximate surface area is 142 Å². The summed E-state index contributed by atoms with van der Waals surface area (Å²) in [7, 11) is 1.64. The maximum atomic E-state index is 10.8. The molecule has 2 N–H and O–H groups in total. The number of nitrogens with one attached hydrogen (secondary N) is 1. The van der Waals surface area contributed by atoms with Gasteiger partial charge in [-0.3, -0.25) is 0 Å². The van der Waals surface area contributed by atoms with Gasteiger partial charge in [-0.15, -0.1) is 0 Å². The number of benzene rings is 2. The zero-order valence-corrected chi connectivity index (χ0v) is 14.4. The molecule has 1 aromatic heterocycles. The van der Waals surface area contributed by atoms with Crippen LogP contribution in [0.3, 0.4) is 0 Å². The lowest BCUT2D eigenvalue weighted by atomic mass is 9.95. The third kappa shape index (κ3) is 2.93. The molecule has 0 saturated heterocycles. The minimum absolute atomic E-state index is 0.533. The Kier molecular flexibility index (Phi) is 4.40. The second kappa shape index (κ2) is 6.49. The fraction of sp³-hybridized carbons (Fsp3) is 0.250. The number of aryl methyl sites for hydroxylation is 3. The Morgan fingerprint density at radius 1 is 1.08 bits per heavy atom. The highest BCUT2D eigenvalue weighted by molar-refractivity contribution is 5.66. The van der Waals surface area contributed by atoms with E-state index in [-0.39, 0.29) is 0 Å². The lowest BCUT2D eigenvalue weighted by Gasteiger charge is -2.16. The van der Waals surface area contributed by atoms with E-state index in [4.69, 9.17) is 4.74 Å². The van der Waals surface area contributed by atoms with Crippen molar-refractivity contribution < 1.29 is 9.84 Å². The van der Waals surface area contributed by atoms with Gasteiger partial charge in [0.05, 0.1) is 19.0 Å². The Hall–Kier alpha value is -2.59. The van der Waals surface area contributed by atoms with Crippen molar-refractivity contribution in [3.63, 3.8) is 0 Å². The van der Waals surface area contributed by atoms with E-state index < -0.39 is 6.10 Å². The van der Waals surface area contributed by atoms with Crippen molar-refractivity contribution in [3.05, 3.63) is 70.7 Å². The normalized spacial score (nSPS) is 12.2. The fourth-order valence-corrected chi connectivity index (χ4v) is 3.24. The summed E-state index contributed by atoms with van der Waals surface area (Å²) in [6.45, 7) is 6.09. The van der Waals surface area contributed by atoms with Crippen molar-refractivity contribution in [2.24, 2.45) is 0 Å². The van der Waals surface area contributed by atoms with Crippen LogP contribution in [-0.4, -0.2) is 22.2 Å². The number of imidazole rings is 1. The summed E-state index contributed by atoms with van der Waals surface area (Å²) in [5.74, 6) is 1.30. The molecule has 0 bridgehead atoms. The van der Waals surface area contributed by atoms with Gasteiger partial charge in [-0.2, -0.15) is 0 Å². The largest absolute Gasteiger partial charge is 0.496 e. The number of nitrogens with zero attached hydrogens (tertiary/aromatic N) is 1. The van der Waals surface area contributed by atoms with E-state index >= 15 is 0 Å². The highest BCUT2D eigenvalue weighted by Crippen LogP contribution is 2.31. The summed E-state index contributed by atoms with van der Waals surface area (Å²) in [6, 6.07) is 11.9. The maximum absolute atomic E-state index is 10.8. The summed E-state index contributed by atoms with van der Waals surface area (Å²) < 4.78 is 5.40. The van der Waals surface area contributed by atoms with Crippen LogP contribution in [0.25, 0.3) is 11.3 Å². The first-order chi connectivity index (χ1) is 11.5. The number of H-pyrrole nitrogens is 1. The van der Waals surface area contributed by atoms with E-state index in [1.54, 1.807) is 13.3 Å². The number of ether oxygens (including phenoxy) is 1. The summed E-state index contributed by atoms with van der Waals surface area (Å²) in [4.78, 5) is 7.62. The van der Waals surface area contributed by atoms with Gasteiger partial charge < -0.3 is 14.8 Å². The molecule has 0 aliphatic heterocycles. The maximum Gasteiger partial charge on any atom is 0.140 e. The standard InChI is InChI=1S/C20H22N2O2/c1-12-9-13(2)18(14(3)10-12)19(23)20-21-11-16(22-20)15-7-5-6-8-17(15)24-4/h5-11,19,23H,1-4H3,(H,21,22). The molecule has 2 aromatic carbocycles. The van der Waals surface area contributed by atoms with Crippen LogP contribution in [0.5, 0.6) is 5.75 Å². The van der Waals surface area contributed by atoms with Gasteiger partial charge in [-0.05, 0) is 49.6 Å². The Morgan fingerprint density at radius 2 is 1.75 bits per heavy atom. The average Bonchev–Trinajstić information content (AvgIpc) is 3.03. The molecule has 0 aliphatic rings. The molecule has 3 aromatic rings. The molecule has 124 valence electrons. The highest BCUT2D eigenvalue weighted by Gasteiger charge is 2.19. The minimum atomic E-state index is -0.783. The second-order valence-corrected chi connectivity index (χ2v) is 6.10. The van der Waals surface area contributed by atoms with Crippen LogP contribution < -0.4 is 4.74 Å². The van der Waals surface area contributed by atoms with Crippen molar-refractivity contribution in [1.29, 1.82) is 0 Å². The Morgan fingerprint density at radius 3 is 2.42 bits per heavy atom. The third-order valence-electron chi connectivity index (χ3n) is 4.26. The van der Waals surface area contributed by atoms with E-state index in [2.05, 4.69) is 29.0 Å². The Bertz CT molecular complexity index is 845. The van der Waals surface area contributed by atoms with Gasteiger partial charge in [0.1, 0.15) is 17.7 Å². The van der Waals surface area contributed by atoms with Crippen LogP contribution in [0, 0.1) is 20.8 Å². The van der Waals surface area contributed by atoms with Crippen LogP contribution in [0.4, 0.5) is 0 Å². The minimum Gasteiger partial charge on any atom is -0.496 e. The van der Waals surface area contributed by atoms with Crippen LogP contribution >= 0.6 is 0 Å². The number of rotatable bonds is 4. The van der Waals surface area contributed by atoms with Crippen molar-refractivity contribution in [1.82, 2.24) is 9.97 Å². The molecular formula is C20H22N2O2. The Balaban J connectivity index is 1.99. The summed E-state index contributed by atoms with van der Waals surface area (Å²) >= 11 is 0. The quantitative estimate of drug-likeness (QED) is 0.760. The van der Waals surface area contributed by atoms with Gasteiger partial charge in [-0.1, -0.05) is 29.8 Å². The zero-order chi connectivity index (χ0) is 17.3. The first kappa shape index (κ1) is 16.3. The van der Waals surface area contributed by atoms with Crippen LogP contribution in [0.1, 0.15) is 34.2 Å². The van der Waals surface area contributed by atoms with Gasteiger partial charge in [0.25, 0.3) is 0 Å². The molecule has 0 fully saturated rings. The molecule has 4 heteroatoms. The van der Waals surface area contributed by atoms with Crippen molar-refractivity contribution in [2.75, 3.05) is 7.11 Å². The average molecular weight is 322 g/mol. The molecule has 1 unspecified atom stereocenters. The number of aliphatic hydroxyl groups is 1. The lowest BCUT2D eigenvalue weighted by molar-refractivity contribution is 0.209. The molecule has 0 saturated carbocycles. The topological polar surface area (TPSA) is 58.1 Å². The summed E-state index contributed by atoms with van der Waals surface area (Å²) in [6.07, 6.45) is 0.948. The molecule has 0 amide bonds. The molecular weight excluding hydrogens is 300 g/mol. The molecule has 1 heterocycles. The van der Waals surface area contributed by atoms with Gasteiger partial charge in [0.2, 0.25) is 0 Å². The molecule has 0 radical (unpaired) electrons.